The molecule has 0 heterocycles. The molecule has 0 spiro atoms. The van der Waals surface area contributed by atoms with Gasteiger partial charge in [-0.1, -0.05) is 51.2 Å². The first-order chi connectivity index (χ1) is 8.76. The molecule has 0 fully saturated rings. The van der Waals surface area contributed by atoms with E-state index in [1.54, 1.807) is 0 Å². The zero-order valence-corrected chi connectivity index (χ0v) is 14.4. The van der Waals surface area contributed by atoms with Crippen LogP contribution in [-0.2, 0) is 4.18 Å². The monoisotopic (exact) mass is 329 g/mol. The predicted molar refractivity (Wildman–Crippen MR) is 88.9 cm³/mol. The Morgan fingerprint density at radius 3 is 2.11 bits per heavy atom. The van der Waals surface area contributed by atoms with Crippen LogP contribution in [0.3, 0.4) is 0 Å². The van der Waals surface area contributed by atoms with Crippen LogP contribution in [0.2, 0.25) is 0 Å². The number of carbonyl (C=O) groups excluding carboxylic acids is 1. The van der Waals surface area contributed by atoms with E-state index in [1.165, 1.54) is 32.5 Å². The SMILES string of the molecule is CCCCCN(CCCCC)C(=O)OSSSS. The van der Waals surface area contributed by atoms with Crippen LogP contribution in [0.25, 0.3) is 0 Å². The third kappa shape index (κ3) is 10.6. The summed E-state index contributed by atoms with van der Waals surface area (Å²) in [4.78, 5) is 13.7. The van der Waals surface area contributed by atoms with Gasteiger partial charge < -0.3 is 9.08 Å². The predicted octanol–water partition coefficient (Wildman–Crippen LogP) is 5.59. The molecular weight excluding hydrogens is 306 g/mol. The van der Waals surface area contributed by atoms with E-state index in [2.05, 4.69) is 25.5 Å². The summed E-state index contributed by atoms with van der Waals surface area (Å²) in [5.41, 5.74) is 0. The number of rotatable bonds is 11. The van der Waals surface area contributed by atoms with Crippen LogP contribution in [-0.4, -0.2) is 24.1 Å². The maximum atomic E-state index is 11.8. The van der Waals surface area contributed by atoms with Crippen molar-refractivity contribution in [3.63, 3.8) is 0 Å². The van der Waals surface area contributed by atoms with E-state index >= 15 is 0 Å². The zero-order chi connectivity index (χ0) is 13.6. The molecule has 0 saturated heterocycles. The molecule has 0 aromatic carbocycles. The van der Waals surface area contributed by atoms with Crippen molar-refractivity contribution in [2.24, 2.45) is 0 Å². The molecule has 0 atom stereocenters. The topological polar surface area (TPSA) is 29.5 Å². The fourth-order valence-corrected chi connectivity index (χ4v) is 3.20. The lowest BCUT2D eigenvalue weighted by Crippen LogP contribution is -2.32. The van der Waals surface area contributed by atoms with Gasteiger partial charge in [0.2, 0.25) is 0 Å². The summed E-state index contributed by atoms with van der Waals surface area (Å²) < 4.78 is 5.10. The molecule has 0 unspecified atom stereocenters. The van der Waals surface area contributed by atoms with E-state index < -0.39 is 0 Å². The van der Waals surface area contributed by atoms with Gasteiger partial charge >= 0.3 is 6.09 Å². The first-order valence-electron chi connectivity index (χ1n) is 6.36. The van der Waals surface area contributed by atoms with Gasteiger partial charge in [0.15, 0.2) is 0 Å². The quantitative estimate of drug-likeness (QED) is 0.231. The smallest absolute Gasteiger partial charge is 0.362 e. The van der Waals surface area contributed by atoms with Crippen molar-refractivity contribution >= 4 is 48.5 Å². The number of unbranched alkanes of at least 4 members (excludes halogenated alkanes) is 4. The highest BCUT2D eigenvalue weighted by Crippen LogP contribution is 2.37. The van der Waals surface area contributed by atoms with Crippen LogP contribution in [0.5, 0.6) is 0 Å². The van der Waals surface area contributed by atoms with Gasteiger partial charge in [-0.3, -0.25) is 0 Å². The van der Waals surface area contributed by atoms with Crippen molar-refractivity contribution in [1.29, 1.82) is 0 Å². The highest BCUT2D eigenvalue weighted by atomic mass is 33.7. The van der Waals surface area contributed by atoms with Gasteiger partial charge in [0, 0.05) is 22.9 Å². The summed E-state index contributed by atoms with van der Waals surface area (Å²) in [6.45, 7) is 5.93. The number of hydrogen-bond donors (Lipinski definition) is 1. The van der Waals surface area contributed by atoms with Gasteiger partial charge in [0.1, 0.15) is 11.1 Å². The van der Waals surface area contributed by atoms with Crippen molar-refractivity contribution in [2.75, 3.05) is 13.1 Å². The maximum absolute atomic E-state index is 11.8. The molecule has 0 aromatic heterocycles. The summed E-state index contributed by atoms with van der Waals surface area (Å²) in [6, 6.07) is 0. The second-order valence-corrected chi connectivity index (χ2v) is 8.38. The number of amides is 1. The first-order valence-corrected chi connectivity index (χ1v) is 10.8. The van der Waals surface area contributed by atoms with E-state index in [0.29, 0.717) is 0 Å². The minimum absolute atomic E-state index is 0.220. The molecule has 3 nitrogen and oxygen atoms in total. The number of thiol groups is 1. The number of carbonyl (C=O) groups is 1. The Bertz CT molecular complexity index is 197. The van der Waals surface area contributed by atoms with Crippen molar-refractivity contribution < 1.29 is 8.98 Å². The molecule has 18 heavy (non-hydrogen) atoms. The van der Waals surface area contributed by atoms with Crippen LogP contribution >= 0.6 is 42.4 Å². The standard InChI is InChI=1S/C11H23NO2S4/c1-3-5-7-9-12(10-8-6-4-2)11(13)14-16-18-17-15/h15H,3-10H2,1-2H3. The van der Waals surface area contributed by atoms with Gasteiger partial charge in [-0.15, -0.1) is 0 Å². The molecule has 0 rings (SSSR count). The van der Waals surface area contributed by atoms with Gasteiger partial charge in [-0.2, -0.15) is 0 Å². The highest BCUT2D eigenvalue weighted by Gasteiger charge is 2.14. The Morgan fingerprint density at radius 2 is 1.67 bits per heavy atom. The third-order valence-corrected chi connectivity index (χ3v) is 6.06. The molecule has 0 N–H and O–H groups in total. The highest BCUT2D eigenvalue weighted by molar-refractivity contribution is 9.23. The van der Waals surface area contributed by atoms with Crippen LogP contribution in [0.4, 0.5) is 4.79 Å². The van der Waals surface area contributed by atoms with E-state index in [-0.39, 0.29) is 6.09 Å². The molecular formula is C11H23NO2S4. The molecule has 0 aliphatic heterocycles. The Kier molecular flexibility index (Phi) is 14.6. The number of nitrogens with zero attached hydrogens (tertiary/aromatic N) is 1. The fourth-order valence-electron chi connectivity index (χ4n) is 1.51. The minimum atomic E-state index is -0.220. The maximum Gasteiger partial charge on any atom is 0.422 e. The summed E-state index contributed by atoms with van der Waals surface area (Å²) in [5, 5.41) is 0. The van der Waals surface area contributed by atoms with Crippen molar-refractivity contribution in [3.05, 3.63) is 0 Å². The lowest BCUT2D eigenvalue weighted by atomic mass is 10.2. The normalized spacial score (nSPS) is 10.4. The molecule has 0 aliphatic rings. The average molecular weight is 330 g/mol. The fraction of sp³-hybridized carbons (Fsp3) is 0.909. The molecule has 7 heteroatoms. The minimum Gasteiger partial charge on any atom is -0.362 e. The Balaban J connectivity index is 3.95. The van der Waals surface area contributed by atoms with Gasteiger partial charge in [-0.05, 0) is 22.7 Å². The molecule has 0 aliphatic carbocycles. The van der Waals surface area contributed by atoms with Gasteiger partial charge in [0.05, 0.1) is 0 Å². The summed E-state index contributed by atoms with van der Waals surface area (Å²) in [7, 11) is 2.61. The first kappa shape index (κ1) is 18.7. The molecule has 1 amide bonds. The summed E-state index contributed by atoms with van der Waals surface area (Å²) >= 11 is 5.05. The van der Waals surface area contributed by atoms with Crippen molar-refractivity contribution in [2.45, 2.75) is 52.4 Å². The van der Waals surface area contributed by atoms with Gasteiger partial charge in [0.25, 0.3) is 0 Å². The Morgan fingerprint density at radius 1 is 1.11 bits per heavy atom. The molecule has 0 saturated carbocycles. The molecule has 108 valence electrons. The van der Waals surface area contributed by atoms with E-state index in [1.807, 2.05) is 4.90 Å². The lowest BCUT2D eigenvalue weighted by molar-refractivity contribution is 0.158. The lowest BCUT2D eigenvalue weighted by Gasteiger charge is -2.20. The molecule has 0 aromatic rings. The Hall–Kier alpha value is 0.670. The third-order valence-electron chi connectivity index (χ3n) is 2.48. The van der Waals surface area contributed by atoms with Crippen molar-refractivity contribution in [1.82, 2.24) is 4.90 Å². The van der Waals surface area contributed by atoms with Crippen molar-refractivity contribution in [3.8, 4) is 0 Å². The zero-order valence-electron chi connectivity index (χ0n) is 11.1. The molecule has 0 radical (unpaired) electrons. The second kappa shape index (κ2) is 14.1. The van der Waals surface area contributed by atoms with E-state index in [9.17, 15) is 4.79 Å². The van der Waals surface area contributed by atoms with E-state index in [4.69, 9.17) is 4.18 Å². The second-order valence-electron chi connectivity index (χ2n) is 3.96. The largest absolute Gasteiger partial charge is 0.422 e. The molecule has 0 bridgehead atoms. The van der Waals surface area contributed by atoms with Crippen LogP contribution in [0.15, 0.2) is 0 Å². The van der Waals surface area contributed by atoms with Gasteiger partial charge in [-0.25, -0.2) is 4.79 Å². The Labute approximate surface area is 127 Å². The summed E-state index contributed by atoms with van der Waals surface area (Å²) in [6.07, 6.45) is 6.53. The van der Waals surface area contributed by atoms with Crippen LogP contribution in [0.1, 0.15) is 52.4 Å². The average Bonchev–Trinajstić information content (AvgIpc) is 2.37. The van der Waals surface area contributed by atoms with E-state index in [0.717, 1.165) is 49.8 Å². The number of hydrogen-bond acceptors (Lipinski definition) is 6. The van der Waals surface area contributed by atoms with Crippen LogP contribution in [0, 0.1) is 0 Å². The van der Waals surface area contributed by atoms with Crippen LogP contribution < -0.4 is 0 Å². The summed E-state index contributed by atoms with van der Waals surface area (Å²) in [5.74, 6) is 0.